The van der Waals surface area contributed by atoms with E-state index in [1.807, 2.05) is 0 Å². The summed E-state index contributed by atoms with van der Waals surface area (Å²) in [5.74, 6) is 0. The van der Waals surface area contributed by atoms with E-state index in [1.165, 1.54) is 18.9 Å². The average molecular weight is 327 g/mol. The molecule has 7 heteroatoms. The van der Waals surface area contributed by atoms with Crippen LogP contribution in [0.4, 0.5) is 0 Å². The van der Waals surface area contributed by atoms with Gasteiger partial charge in [-0.3, -0.25) is 0 Å². The van der Waals surface area contributed by atoms with Crippen LogP contribution in [-0.2, 0) is 10.0 Å². The average Bonchev–Trinajstić information content (AvgIpc) is 2.97. The van der Waals surface area contributed by atoms with Gasteiger partial charge in [-0.15, -0.1) is 0 Å². The molecule has 1 heterocycles. The van der Waals surface area contributed by atoms with Crippen molar-refractivity contribution < 1.29 is 8.42 Å². The van der Waals surface area contributed by atoms with Gasteiger partial charge in [0.25, 0.3) is 0 Å². The minimum absolute atomic E-state index is 0.195. The Morgan fingerprint density at radius 1 is 1.33 bits per heavy atom. The summed E-state index contributed by atoms with van der Waals surface area (Å²) in [4.78, 5) is 2.76. The first-order valence-corrected chi connectivity index (χ1v) is 9.00. The first-order valence-electron chi connectivity index (χ1n) is 7.11. The van der Waals surface area contributed by atoms with Gasteiger partial charge >= 0.3 is 0 Å². The van der Waals surface area contributed by atoms with Crippen molar-refractivity contribution in [1.29, 1.82) is 0 Å². The quantitative estimate of drug-likeness (QED) is 0.579. The van der Waals surface area contributed by atoms with E-state index >= 15 is 0 Å². The maximum absolute atomic E-state index is 12.2. The summed E-state index contributed by atoms with van der Waals surface area (Å²) in [5, 5.41) is 0. The number of rotatable bonds is 7. The lowest BCUT2D eigenvalue weighted by Gasteiger charge is -2.14. The van der Waals surface area contributed by atoms with E-state index in [2.05, 4.69) is 9.62 Å². The van der Waals surface area contributed by atoms with Gasteiger partial charge in [0, 0.05) is 12.1 Å². The molecule has 2 rings (SSSR count). The van der Waals surface area contributed by atoms with Gasteiger partial charge in [0.15, 0.2) is 0 Å². The number of hydrogen-bond donors (Lipinski definition) is 2. The molecule has 1 aliphatic rings. The maximum atomic E-state index is 12.2. The number of likely N-dealkylation sites (tertiary alicyclic amines) is 1. The van der Waals surface area contributed by atoms with Crippen LogP contribution in [0.2, 0.25) is 0 Å². The van der Waals surface area contributed by atoms with Gasteiger partial charge in [-0.05, 0) is 51.0 Å². The third-order valence-electron chi connectivity index (χ3n) is 3.57. The van der Waals surface area contributed by atoms with Crippen LogP contribution in [0.15, 0.2) is 29.2 Å². The van der Waals surface area contributed by atoms with Crippen molar-refractivity contribution in [3.05, 3.63) is 29.8 Å². The Morgan fingerprint density at radius 2 is 2.05 bits per heavy atom. The highest BCUT2D eigenvalue weighted by atomic mass is 32.2. The van der Waals surface area contributed by atoms with Crippen LogP contribution < -0.4 is 10.5 Å². The number of sulfonamides is 1. The summed E-state index contributed by atoms with van der Waals surface area (Å²) in [6.07, 6.45) is 3.31. The first-order chi connectivity index (χ1) is 9.99. The Labute approximate surface area is 131 Å². The summed E-state index contributed by atoms with van der Waals surface area (Å²) in [5.41, 5.74) is 6.09. The highest BCUT2D eigenvalue weighted by Crippen LogP contribution is 2.12. The van der Waals surface area contributed by atoms with Gasteiger partial charge in [-0.25, -0.2) is 13.1 Å². The molecule has 1 aliphatic heterocycles. The van der Waals surface area contributed by atoms with Gasteiger partial charge in [0.05, 0.1) is 4.90 Å². The third-order valence-corrected chi connectivity index (χ3v) is 5.27. The number of nitrogens with one attached hydrogen (secondary N) is 1. The number of thiocarbonyl (C=S) groups is 1. The van der Waals surface area contributed by atoms with Crippen molar-refractivity contribution in [3.8, 4) is 0 Å². The van der Waals surface area contributed by atoms with Crippen LogP contribution in [0.5, 0.6) is 0 Å². The lowest BCUT2D eigenvalue weighted by atomic mass is 10.2. The monoisotopic (exact) mass is 327 g/mol. The topological polar surface area (TPSA) is 75.4 Å². The van der Waals surface area contributed by atoms with Crippen LogP contribution in [-0.4, -0.2) is 44.5 Å². The molecule has 0 aromatic heterocycles. The largest absolute Gasteiger partial charge is 0.389 e. The van der Waals surface area contributed by atoms with E-state index in [0.29, 0.717) is 12.1 Å². The van der Waals surface area contributed by atoms with Gasteiger partial charge in [0.2, 0.25) is 10.0 Å². The van der Waals surface area contributed by atoms with Crippen molar-refractivity contribution in [3.63, 3.8) is 0 Å². The smallest absolute Gasteiger partial charge is 0.240 e. The zero-order valence-corrected chi connectivity index (χ0v) is 13.5. The third kappa shape index (κ3) is 4.74. The minimum Gasteiger partial charge on any atom is -0.389 e. The lowest BCUT2D eigenvalue weighted by Crippen LogP contribution is -2.29. The first kappa shape index (κ1) is 16.4. The highest BCUT2D eigenvalue weighted by Gasteiger charge is 2.15. The Hall–Kier alpha value is -1.02. The lowest BCUT2D eigenvalue weighted by molar-refractivity contribution is 0.334. The molecule has 1 saturated heterocycles. The maximum Gasteiger partial charge on any atom is 0.240 e. The van der Waals surface area contributed by atoms with Crippen LogP contribution in [0, 0.1) is 0 Å². The molecule has 0 bridgehead atoms. The van der Waals surface area contributed by atoms with Crippen molar-refractivity contribution in [1.82, 2.24) is 9.62 Å². The van der Waals surface area contributed by atoms with E-state index in [9.17, 15) is 8.42 Å². The van der Waals surface area contributed by atoms with E-state index in [-0.39, 0.29) is 9.88 Å². The van der Waals surface area contributed by atoms with E-state index in [1.54, 1.807) is 18.2 Å². The summed E-state index contributed by atoms with van der Waals surface area (Å²) in [7, 11) is -3.50. The van der Waals surface area contributed by atoms with E-state index < -0.39 is 10.0 Å². The molecule has 0 aliphatic carbocycles. The normalized spacial score (nSPS) is 16.2. The second kappa shape index (κ2) is 7.31. The molecule has 0 spiro atoms. The molecule has 3 N–H and O–H groups in total. The molecule has 0 unspecified atom stereocenters. The molecule has 1 aromatic rings. The molecule has 0 amide bonds. The van der Waals surface area contributed by atoms with Crippen molar-refractivity contribution >= 4 is 27.2 Å². The summed E-state index contributed by atoms with van der Waals surface area (Å²) in [6.45, 7) is 3.64. The van der Waals surface area contributed by atoms with Crippen molar-refractivity contribution in [2.24, 2.45) is 5.73 Å². The predicted molar refractivity (Wildman–Crippen MR) is 87.8 cm³/mol. The summed E-state index contributed by atoms with van der Waals surface area (Å²) in [6, 6.07) is 6.40. The van der Waals surface area contributed by atoms with Crippen LogP contribution >= 0.6 is 12.2 Å². The zero-order chi connectivity index (χ0) is 15.3. The Morgan fingerprint density at radius 3 is 2.71 bits per heavy atom. The van der Waals surface area contributed by atoms with Gasteiger partial charge in [-0.1, -0.05) is 24.4 Å². The van der Waals surface area contributed by atoms with Crippen LogP contribution in [0.25, 0.3) is 0 Å². The molecule has 0 saturated carbocycles. The van der Waals surface area contributed by atoms with Gasteiger partial charge in [-0.2, -0.15) is 0 Å². The van der Waals surface area contributed by atoms with Crippen molar-refractivity contribution in [2.45, 2.75) is 24.2 Å². The molecule has 116 valence electrons. The van der Waals surface area contributed by atoms with Gasteiger partial charge in [0.1, 0.15) is 4.99 Å². The molecule has 5 nitrogen and oxygen atoms in total. The second-order valence-electron chi connectivity index (χ2n) is 5.19. The van der Waals surface area contributed by atoms with E-state index in [4.69, 9.17) is 18.0 Å². The number of hydrogen-bond acceptors (Lipinski definition) is 4. The van der Waals surface area contributed by atoms with Gasteiger partial charge < -0.3 is 10.6 Å². The second-order valence-corrected chi connectivity index (χ2v) is 7.40. The summed E-state index contributed by atoms with van der Waals surface area (Å²) >= 11 is 4.87. The SMILES string of the molecule is NC(=S)c1cccc(S(=O)(=O)NCCCN2CCCC2)c1. The molecule has 0 radical (unpaired) electrons. The molecule has 1 aromatic carbocycles. The fraction of sp³-hybridized carbons (Fsp3) is 0.500. The predicted octanol–water partition coefficient (Wildman–Crippen LogP) is 1.08. The van der Waals surface area contributed by atoms with Crippen molar-refractivity contribution in [2.75, 3.05) is 26.2 Å². The zero-order valence-electron chi connectivity index (χ0n) is 11.9. The van der Waals surface area contributed by atoms with E-state index in [0.717, 1.165) is 26.1 Å². The standard InChI is InChI=1S/C14H21N3O2S2/c15-14(20)12-5-3-6-13(11-12)21(18,19)16-7-4-10-17-8-1-2-9-17/h3,5-6,11,16H,1-2,4,7-10H2,(H2,15,20). The molecular formula is C14H21N3O2S2. The summed E-state index contributed by atoms with van der Waals surface area (Å²) < 4.78 is 27.0. The molecule has 1 fully saturated rings. The Bertz CT molecular complexity index is 596. The fourth-order valence-corrected chi connectivity index (χ4v) is 3.66. The molecular weight excluding hydrogens is 306 g/mol. The Balaban J connectivity index is 1.88. The number of benzene rings is 1. The fourth-order valence-electron chi connectivity index (χ4n) is 2.42. The number of nitrogens with two attached hydrogens (primary N) is 1. The highest BCUT2D eigenvalue weighted by molar-refractivity contribution is 7.89. The molecule has 21 heavy (non-hydrogen) atoms. The molecule has 0 atom stereocenters. The Kier molecular flexibility index (Phi) is 5.69. The minimum atomic E-state index is -3.50. The van der Waals surface area contributed by atoms with Crippen LogP contribution in [0.1, 0.15) is 24.8 Å². The number of nitrogens with zero attached hydrogens (tertiary/aromatic N) is 1. The van der Waals surface area contributed by atoms with Crippen LogP contribution in [0.3, 0.4) is 0 Å².